The molecule has 0 N–H and O–H groups in total. The van der Waals surface area contributed by atoms with E-state index in [1.165, 1.54) is 18.2 Å². The Morgan fingerprint density at radius 1 is 0.957 bits per heavy atom. The van der Waals surface area contributed by atoms with E-state index in [1.807, 2.05) is 0 Å². The Hall–Kier alpha value is -1.96. The smallest absolute Gasteiger partial charge is 0.422 e. The van der Waals surface area contributed by atoms with Crippen LogP contribution in [-0.4, -0.2) is 0 Å². The molecule has 0 amide bonds. The number of ether oxygens (including phenoxy) is 1. The van der Waals surface area contributed by atoms with Crippen molar-refractivity contribution in [3.63, 3.8) is 0 Å². The molecule has 0 aliphatic rings. The first-order chi connectivity index (χ1) is 10.6. The molecule has 9 heteroatoms. The molecule has 0 fully saturated rings. The first-order valence-electron chi connectivity index (χ1n) is 5.84. The molecule has 2 rings (SSSR count). The average molecular weight is 358 g/mol. The molecule has 1 radical (unpaired) electrons. The van der Waals surface area contributed by atoms with E-state index in [9.17, 15) is 30.7 Å². The molecule has 0 aliphatic heterocycles. The monoisotopic (exact) mass is 357 g/mol. The third-order valence-electron chi connectivity index (χ3n) is 2.75. The average Bonchev–Trinajstić information content (AvgIpc) is 2.44. The Kier molecular flexibility index (Phi) is 4.74. The van der Waals surface area contributed by atoms with Crippen molar-refractivity contribution in [3.8, 4) is 5.75 Å². The highest BCUT2D eigenvalue weighted by atomic mass is 35.5. The van der Waals surface area contributed by atoms with Gasteiger partial charge < -0.3 is 4.74 Å². The minimum atomic E-state index is -5.59. The van der Waals surface area contributed by atoms with E-state index in [0.29, 0.717) is 0 Å². The topological polar surface area (TPSA) is 9.23 Å². The van der Waals surface area contributed by atoms with Gasteiger partial charge in [0.05, 0.1) is 5.56 Å². The number of benzene rings is 2. The third-order valence-corrected chi connectivity index (χ3v) is 2.97. The molecule has 0 atom stereocenters. The summed E-state index contributed by atoms with van der Waals surface area (Å²) < 4.78 is 96.2. The van der Waals surface area contributed by atoms with Gasteiger partial charge in [-0.05, 0) is 24.3 Å². The van der Waals surface area contributed by atoms with Crippen molar-refractivity contribution in [2.24, 2.45) is 0 Å². The maximum absolute atomic E-state index is 13.6. The third kappa shape index (κ3) is 3.52. The van der Waals surface area contributed by atoms with Crippen molar-refractivity contribution in [3.05, 3.63) is 63.7 Å². The van der Waals surface area contributed by atoms with E-state index in [1.54, 1.807) is 0 Å². The molecule has 0 spiro atoms. The fraction of sp³-hybridized carbons (Fsp3) is 0.143. The number of hydrogen-bond donors (Lipinski definition) is 0. The molecule has 0 saturated carbocycles. The predicted octanol–water partition coefficient (Wildman–Crippen LogP) is 5.29. The van der Waals surface area contributed by atoms with Crippen molar-refractivity contribution in [1.82, 2.24) is 0 Å². The molecule has 1 nitrogen and oxygen atoms in total. The van der Waals surface area contributed by atoms with Gasteiger partial charge in [-0.2, -0.15) is 13.2 Å². The first-order valence-corrected chi connectivity index (χ1v) is 6.22. The summed E-state index contributed by atoms with van der Waals surface area (Å²) in [4.78, 5) is 0. The molecule has 0 heterocycles. The number of hydrogen-bond acceptors (Lipinski definition) is 1. The second-order valence-corrected chi connectivity index (χ2v) is 4.72. The Morgan fingerprint density at radius 3 is 2.00 bits per heavy atom. The summed E-state index contributed by atoms with van der Waals surface area (Å²) >= 11 is 5.61. The lowest BCUT2D eigenvalue weighted by atomic mass is 10.1. The molecule has 2 aromatic rings. The van der Waals surface area contributed by atoms with E-state index >= 15 is 0 Å². The normalized spacial score (nSPS) is 11.7. The Balaban J connectivity index is 2.41. The lowest BCUT2D eigenvalue weighted by molar-refractivity contribution is -0.143. The van der Waals surface area contributed by atoms with Gasteiger partial charge in [0.25, 0.3) is 0 Å². The molecular formula is C14H5ClF7O. The van der Waals surface area contributed by atoms with Gasteiger partial charge in [0.1, 0.15) is 17.9 Å². The van der Waals surface area contributed by atoms with Crippen molar-refractivity contribution in [1.29, 1.82) is 0 Å². The van der Waals surface area contributed by atoms with Crippen molar-refractivity contribution < 1.29 is 35.5 Å². The molecule has 0 saturated heterocycles. The van der Waals surface area contributed by atoms with Gasteiger partial charge in [-0.1, -0.05) is 11.6 Å². The van der Waals surface area contributed by atoms with E-state index in [2.05, 4.69) is 6.07 Å². The quantitative estimate of drug-likeness (QED) is 0.535. The Labute approximate surface area is 130 Å². The fourth-order valence-corrected chi connectivity index (χ4v) is 1.88. The summed E-state index contributed by atoms with van der Waals surface area (Å²) in [5, 5.41) is 0.160. The van der Waals surface area contributed by atoms with Crippen LogP contribution >= 0.6 is 11.6 Å². The van der Waals surface area contributed by atoms with Crippen LogP contribution in [0.15, 0.2) is 18.2 Å². The van der Waals surface area contributed by atoms with Gasteiger partial charge in [0.15, 0.2) is 23.3 Å². The second-order valence-electron chi connectivity index (χ2n) is 4.28. The van der Waals surface area contributed by atoms with Crippen LogP contribution in [0.2, 0.25) is 5.02 Å². The maximum atomic E-state index is 13.6. The maximum Gasteiger partial charge on any atom is 0.422 e. The largest absolute Gasteiger partial charge is 0.489 e. The summed E-state index contributed by atoms with van der Waals surface area (Å²) in [6, 6.07) is 6.27. The van der Waals surface area contributed by atoms with Gasteiger partial charge in [0.2, 0.25) is 0 Å². The molecule has 0 unspecified atom stereocenters. The lowest BCUT2D eigenvalue weighted by Gasteiger charge is -2.14. The van der Waals surface area contributed by atoms with Crippen LogP contribution < -0.4 is 4.74 Å². The highest BCUT2D eigenvalue weighted by Crippen LogP contribution is 2.37. The van der Waals surface area contributed by atoms with Gasteiger partial charge in [-0.25, -0.2) is 17.6 Å². The zero-order chi connectivity index (χ0) is 17.4. The molecule has 123 valence electrons. The van der Waals surface area contributed by atoms with E-state index in [-0.39, 0.29) is 10.8 Å². The van der Waals surface area contributed by atoms with Crippen LogP contribution in [0.4, 0.5) is 30.7 Å². The van der Waals surface area contributed by atoms with Crippen molar-refractivity contribution in [2.45, 2.75) is 12.8 Å². The molecule has 2 aromatic carbocycles. The van der Waals surface area contributed by atoms with Gasteiger partial charge >= 0.3 is 6.18 Å². The first kappa shape index (κ1) is 17.4. The second kappa shape index (κ2) is 6.27. The standard InChI is InChI=1S/C14H5ClF7O/c15-6-2-1-3-7(4-6)23-5-8-10(16)12(18)9(14(20,21)22)13(19)11(8)17/h2-4H,5H2. The van der Waals surface area contributed by atoms with E-state index in [0.717, 1.165) is 0 Å². The molecule has 23 heavy (non-hydrogen) atoms. The minimum Gasteiger partial charge on any atom is -0.489 e. The summed E-state index contributed by atoms with van der Waals surface area (Å²) in [5.41, 5.74) is -3.94. The summed E-state index contributed by atoms with van der Waals surface area (Å²) in [6.45, 7) is -1.04. The van der Waals surface area contributed by atoms with Crippen LogP contribution in [0.25, 0.3) is 0 Å². The molecular weight excluding hydrogens is 353 g/mol. The summed E-state index contributed by atoms with van der Waals surface area (Å²) in [7, 11) is 0. The van der Waals surface area contributed by atoms with Crippen LogP contribution in [0.5, 0.6) is 5.75 Å². The van der Waals surface area contributed by atoms with E-state index < -0.39 is 47.2 Å². The molecule has 0 bridgehead atoms. The predicted molar refractivity (Wildman–Crippen MR) is 65.9 cm³/mol. The van der Waals surface area contributed by atoms with Crippen molar-refractivity contribution >= 4 is 11.6 Å². The van der Waals surface area contributed by atoms with Crippen molar-refractivity contribution in [2.75, 3.05) is 0 Å². The summed E-state index contributed by atoms with van der Waals surface area (Å²) in [5.74, 6) is -9.47. The molecule has 0 aromatic heterocycles. The zero-order valence-corrected chi connectivity index (χ0v) is 11.6. The SMILES string of the molecule is Fc1c(F)c(C(F)(F)F)c(F)c(F)c1COc1c[c]cc(Cl)c1. The van der Waals surface area contributed by atoms with Crippen LogP contribution in [0.3, 0.4) is 0 Å². The highest BCUT2D eigenvalue weighted by molar-refractivity contribution is 6.30. The zero-order valence-electron chi connectivity index (χ0n) is 10.9. The Morgan fingerprint density at radius 2 is 1.52 bits per heavy atom. The fourth-order valence-electron chi connectivity index (χ4n) is 1.71. The van der Waals surface area contributed by atoms with E-state index in [4.69, 9.17) is 16.3 Å². The number of alkyl halides is 3. The number of halogens is 8. The summed E-state index contributed by atoms with van der Waals surface area (Å²) in [6.07, 6.45) is -5.59. The van der Waals surface area contributed by atoms with Gasteiger partial charge in [-0.15, -0.1) is 0 Å². The highest BCUT2D eigenvalue weighted by Gasteiger charge is 2.42. The van der Waals surface area contributed by atoms with Crippen LogP contribution in [0, 0.1) is 29.3 Å². The van der Waals surface area contributed by atoms with Crippen LogP contribution in [0.1, 0.15) is 11.1 Å². The number of rotatable bonds is 3. The van der Waals surface area contributed by atoms with Gasteiger partial charge in [-0.3, -0.25) is 0 Å². The minimum absolute atomic E-state index is 0.0444. The Bertz CT molecular complexity index is 714. The molecule has 0 aliphatic carbocycles. The van der Waals surface area contributed by atoms with Gasteiger partial charge in [0, 0.05) is 5.02 Å². The lowest BCUT2D eigenvalue weighted by Crippen LogP contribution is -2.18. The van der Waals surface area contributed by atoms with Crippen LogP contribution in [-0.2, 0) is 12.8 Å².